The average molecular weight is 633 g/mol. The molecule has 0 saturated carbocycles. The van der Waals surface area contributed by atoms with E-state index in [1.165, 1.54) is 44.7 Å². The molecule has 2 fully saturated rings. The van der Waals surface area contributed by atoms with Crippen LogP contribution in [0.5, 0.6) is 5.75 Å². The number of aromatic nitrogens is 4. The molecule has 0 spiro atoms. The Morgan fingerprint density at radius 2 is 1.73 bits per heavy atom. The zero-order chi connectivity index (χ0) is 31.6. The lowest BCUT2D eigenvalue weighted by atomic mass is 9.99. The highest BCUT2D eigenvalue weighted by molar-refractivity contribution is 7.90. The van der Waals surface area contributed by atoms with E-state index >= 15 is 0 Å². The maximum absolute atomic E-state index is 13.6. The van der Waals surface area contributed by atoms with Gasteiger partial charge >= 0.3 is 0 Å². The van der Waals surface area contributed by atoms with Crippen LogP contribution in [0, 0.1) is 0 Å². The molecule has 4 heterocycles. The molecule has 12 nitrogen and oxygen atoms in total. The lowest BCUT2D eigenvalue weighted by Gasteiger charge is -2.40. The Labute approximate surface area is 263 Å². The summed E-state index contributed by atoms with van der Waals surface area (Å²) < 4.78 is 30.9. The average Bonchev–Trinajstić information content (AvgIpc) is 3.51. The van der Waals surface area contributed by atoms with Gasteiger partial charge in [-0.2, -0.15) is 9.97 Å². The van der Waals surface area contributed by atoms with Crippen molar-refractivity contribution in [1.82, 2.24) is 29.7 Å². The van der Waals surface area contributed by atoms with Crippen LogP contribution < -0.4 is 15.4 Å². The summed E-state index contributed by atoms with van der Waals surface area (Å²) in [6, 6.07) is 12.6. The van der Waals surface area contributed by atoms with Crippen molar-refractivity contribution in [2.24, 2.45) is 0 Å². The standard InChI is InChI=1S/C32H40N8O4S/c1-21(2)44-26-19-22(31(41)40-17-13-23(14-18-40)39-15-7-4-8-16-39)11-12-24(26)36-32-37-29-28(33-20-34-29)30(38-32)35-25-9-5-6-10-27(25)45(3,42)43/h5-6,9-12,19-21,23H,4,7-8,13-18H2,1-3H3,(H3,33,34,35,36,37,38). The van der Waals surface area contributed by atoms with Crippen LogP contribution in [0.15, 0.2) is 53.7 Å². The predicted molar refractivity (Wildman–Crippen MR) is 174 cm³/mol. The molecule has 0 unspecified atom stereocenters. The van der Waals surface area contributed by atoms with E-state index in [1.54, 1.807) is 36.4 Å². The smallest absolute Gasteiger partial charge is 0.253 e. The zero-order valence-electron chi connectivity index (χ0n) is 25.9. The van der Waals surface area contributed by atoms with Gasteiger partial charge in [0.25, 0.3) is 5.91 Å². The molecule has 2 aliphatic heterocycles. The second-order valence-electron chi connectivity index (χ2n) is 12.0. The summed E-state index contributed by atoms with van der Waals surface area (Å²) in [6.07, 6.45) is 8.38. The van der Waals surface area contributed by atoms with Crippen molar-refractivity contribution < 1.29 is 17.9 Å². The highest BCUT2D eigenvalue weighted by Crippen LogP contribution is 2.33. The van der Waals surface area contributed by atoms with Gasteiger partial charge in [-0.1, -0.05) is 18.6 Å². The number of nitrogens with zero attached hydrogens (tertiary/aromatic N) is 5. The fourth-order valence-corrected chi connectivity index (χ4v) is 6.98. The number of carbonyl (C=O) groups is 1. The van der Waals surface area contributed by atoms with Crippen molar-refractivity contribution in [1.29, 1.82) is 0 Å². The summed E-state index contributed by atoms with van der Waals surface area (Å²) in [7, 11) is -3.49. The Kier molecular flexibility index (Phi) is 8.90. The molecule has 6 rings (SSSR count). The number of likely N-dealkylation sites (tertiary alicyclic amines) is 2. The molecule has 45 heavy (non-hydrogen) atoms. The number of sulfone groups is 1. The monoisotopic (exact) mass is 632 g/mol. The van der Waals surface area contributed by atoms with Gasteiger partial charge in [0.15, 0.2) is 21.3 Å². The van der Waals surface area contributed by atoms with E-state index in [0.29, 0.717) is 45.7 Å². The quantitative estimate of drug-likeness (QED) is 0.227. The second kappa shape index (κ2) is 13.0. The number of imidazole rings is 1. The van der Waals surface area contributed by atoms with Crippen LogP contribution in [-0.2, 0) is 9.84 Å². The second-order valence-corrected chi connectivity index (χ2v) is 14.0. The minimum Gasteiger partial charge on any atom is -0.489 e. The summed E-state index contributed by atoms with van der Waals surface area (Å²) in [5, 5.41) is 6.37. The SMILES string of the molecule is CC(C)Oc1cc(C(=O)N2CCC(N3CCCCC3)CC2)ccc1Nc1nc(Nc2ccccc2S(C)(=O)=O)c2[nH]cnc2n1. The molecule has 2 aromatic carbocycles. The van der Waals surface area contributed by atoms with Crippen LogP contribution in [0.4, 0.5) is 23.1 Å². The summed E-state index contributed by atoms with van der Waals surface area (Å²) in [4.78, 5) is 34.8. The number of para-hydroxylation sites is 1. The van der Waals surface area contributed by atoms with Gasteiger partial charge < -0.3 is 30.2 Å². The molecule has 4 aromatic rings. The number of aromatic amines is 1. The topological polar surface area (TPSA) is 145 Å². The molecule has 1 amide bonds. The van der Waals surface area contributed by atoms with Gasteiger partial charge in [0.2, 0.25) is 5.95 Å². The van der Waals surface area contributed by atoms with Crippen LogP contribution in [0.1, 0.15) is 56.3 Å². The maximum Gasteiger partial charge on any atom is 0.253 e. The number of rotatable bonds is 9. The molecule has 2 aliphatic rings. The number of ether oxygens (including phenoxy) is 1. The van der Waals surface area contributed by atoms with Gasteiger partial charge in [-0.05, 0) is 83.0 Å². The zero-order valence-corrected chi connectivity index (χ0v) is 26.7. The van der Waals surface area contributed by atoms with Crippen molar-refractivity contribution in [3.8, 4) is 5.75 Å². The number of fused-ring (bicyclic) bond motifs is 1. The van der Waals surface area contributed by atoms with Crippen molar-refractivity contribution in [2.45, 2.75) is 63.0 Å². The Bertz CT molecular complexity index is 1780. The van der Waals surface area contributed by atoms with Crippen LogP contribution in [0.25, 0.3) is 11.2 Å². The Morgan fingerprint density at radius 3 is 2.47 bits per heavy atom. The summed E-state index contributed by atoms with van der Waals surface area (Å²) in [6.45, 7) is 7.69. The first-order valence-corrected chi connectivity index (χ1v) is 17.4. The molecule has 3 N–H and O–H groups in total. The molecular formula is C32H40N8O4S. The van der Waals surface area contributed by atoms with Crippen LogP contribution >= 0.6 is 0 Å². The number of anilines is 4. The molecule has 2 saturated heterocycles. The molecule has 0 radical (unpaired) electrons. The predicted octanol–water partition coefficient (Wildman–Crippen LogP) is 5.12. The van der Waals surface area contributed by atoms with Crippen molar-refractivity contribution in [3.05, 3.63) is 54.4 Å². The van der Waals surface area contributed by atoms with Crippen molar-refractivity contribution in [3.63, 3.8) is 0 Å². The molecule has 13 heteroatoms. The van der Waals surface area contributed by atoms with E-state index in [9.17, 15) is 13.2 Å². The third-order valence-corrected chi connectivity index (χ3v) is 9.48. The highest BCUT2D eigenvalue weighted by Gasteiger charge is 2.28. The highest BCUT2D eigenvalue weighted by atomic mass is 32.2. The number of amides is 1. The molecule has 238 valence electrons. The third kappa shape index (κ3) is 7.04. The first-order valence-electron chi connectivity index (χ1n) is 15.5. The number of carbonyl (C=O) groups excluding carboxylic acids is 1. The lowest BCUT2D eigenvalue weighted by molar-refractivity contribution is 0.0589. The number of H-pyrrole nitrogens is 1. The van der Waals surface area contributed by atoms with Crippen LogP contribution in [-0.4, -0.2) is 88.6 Å². The van der Waals surface area contributed by atoms with E-state index in [-0.39, 0.29) is 22.9 Å². The molecule has 2 aromatic heterocycles. The summed E-state index contributed by atoms with van der Waals surface area (Å²) >= 11 is 0. The van der Waals surface area contributed by atoms with Crippen LogP contribution in [0.3, 0.4) is 0 Å². The first-order chi connectivity index (χ1) is 21.7. The maximum atomic E-state index is 13.6. The van der Waals surface area contributed by atoms with Gasteiger partial charge in [0, 0.05) is 31.0 Å². The molecular weight excluding hydrogens is 592 g/mol. The van der Waals surface area contributed by atoms with E-state index in [4.69, 9.17) is 4.74 Å². The van der Waals surface area contributed by atoms with Gasteiger partial charge in [0.1, 0.15) is 11.3 Å². The number of nitrogens with one attached hydrogen (secondary N) is 3. The first kappa shape index (κ1) is 30.8. The Hall–Kier alpha value is -4.23. The van der Waals surface area contributed by atoms with Gasteiger partial charge in [-0.25, -0.2) is 13.4 Å². The fraction of sp³-hybridized carbons (Fsp3) is 0.438. The number of hydrogen-bond donors (Lipinski definition) is 3. The lowest BCUT2D eigenvalue weighted by Crippen LogP contribution is -2.48. The van der Waals surface area contributed by atoms with Crippen LogP contribution in [0.2, 0.25) is 0 Å². The molecule has 0 bridgehead atoms. The Morgan fingerprint density at radius 1 is 0.978 bits per heavy atom. The van der Waals surface area contributed by atoms with Gasteiger partial charge in [-0.15, -0.1) is 0 Å². The third-order valence-electron chi connectivity index (χ3n) is 8.32. The van der Waals surface area contributed by atoms with Gasteiger partial charge in [-0.3, -0.25) is 4.79 Å². The molecule has 0 atom stereocenters. The van der Waals surface area contributed by atoms with Crippen molar-refractivity contribution in [2.75, 3.05) is 43.1 Å². The number of hydrogen-bond acceptors (Lipinski definition) is 10. The van der Waals surface area contributed by atoms with Gasteiger partial charge in [0.05, 0.1) is 28.7 Å². The van der Waals surface area contributed by atoms with Crippen molar-refractivity contribution >= 4 is 50.0 Å². The van der Waals surface area contributed by atoms with E-state index < -0.39 is 9.84 Å². The number of piperidine rings is 2. The fourth-order valence-electron chi connectivity index (χ4n) is 6.13. The minimum atomic E-state index is -3.49. The van der Waals surface area contributed by atoms with E-state index in [2.05, 4.69) is 35.5 Å². The normalized spacial score (nSPS) is 16.7. The summed E-state index contributed by atoms with van der Waals surface area (Å²) in [5.41, 5.74) is 2.44. The minimum absolute atomic E-state index is 0.00234. The summed E-state index contributed by atoms with van der Waals surface area (Å²) in [5.74, 6) is 1.07. The molecule has 0 aliphatic carbocycles. The van der Waals surface area contributed by atoms with E-state index in [0.717, 1.165) is 32.2 Å². The Balaban J connectivity index is 1.23. The number of benzene rings is 2. The van der Waals surface area contributed by atoms with E-state index in [1.807, 2.05) is 18.7 Å². The largest absolute Gasteiger partial charge is 0.489 e.